The molecule has 4 rings (SSSR count). The van der Waals surface area contributed by atoms with Crippen LogP contribution in [0.5, 0.6) is 0 Å². The molecular formula is C16H23N5. The first-order chi connectivity index (χ1) is 10.3. The number of nitrogens with one attached hydrogen (secondary N) is 1. The number of aryl methyl sites for hydroxylation is 1. The molecule has 1 saturated heterocycles. The van der Waals surface area contributed by atoms with Crippen molar-refractivity contribution in [2.24, 2.45) is 0 Å². The van der Waals surface area contributed by atoms with Crippen LogP contribution in [0.1, 0.15) is 43.5 Å². The Kier molecular flexibility index (Phi) is 3.30. The van der Waals surface area contributed by atoms with Gasteiger partial charge in [-0.2, -0.15) is 9.61 Å². The Morgan fingerprint density at radius 2 is 2.05 bits per heavy atom. The molecule has 1 aliphatic carbocycles. The van der Waals surface area contributed by atoms with Gasteiger partial charge >= 0.3 is 0 Å². The number of hydrogen-bond acceptors (Lipinski definition) is 4. The predicted octanol–water partition coefficient (Wildman–Crippen LogP) is 1.97. The molecule has 1 N–H and O–H groups in total. The standard InChI is InChI=1S/C16H23N5/c1-2-3-13-10-16(20-8-6-17-7-9-20)21-15(18-13)11-14(19-21)12-4-5-12/h10-12,17H,2-9H2,1H3. The van der Waals surface area contributed by atoms with Crippen molar-refractivity contribution in [3.8, 4) is 0 Å². The molecule has 21 heavy (non-hydrogen) atoms. The second-order valence-electron chi connectivity index (χ2n) is 6.21. The minimum absolute atomic E-state index is 0.678. The zero-order valence-electron chi connectivity index (χ0n) is 12.7. The molecule has 0 amide bonds. The van der Waals surface area contributed by atoms with Gasteiger partial charge in [-0.3, -0.25) is 0 Å². The highest BCUT2D eigenvalue weighted by molar-refractivity contribution is 5.53. The van der Waals surface area contributed by atoms with Gasteiger partial charge in [-0.1, -0.05) is 13.3 Å². The summed E-state index contributed by atoms with van der Waals surface area (Å²) < 4.78 is 2.07. The van der Waals surface area contributed by atoms with Crippen molar-refractivity contribution < 1.29 is 0 Å². The van der Waals surface area contributed by atoms with Crippen LogP contribution in [0, 0.1) is 0 Å². The molecule has 1 saturated carbocycles. The van der Waals surface area contributed by atoms with Gasteiger partial charge in [-0.05, 0) is 19.3 Å². The summed E-state index contributed by atoms with van der Waals surface area (Å²) in [6.07, 6.45) is 4.75. The average molecular weight is 285 g/mol. The topological polar surface area (TPSA) is 45.5 Å². The Balaban J connectivity index is 1.79. The lowest BCUT2D eigenvalue weighted by atomic mass is 10.2. The van der Waals surface area contributed by atoms with Crippen molar-refractivity contribution in [2.45, 2.75) is 38.5 Å². The molecule has 2 fully saturated rings. The summed E-state index contributed by atoms with van der Waals surface area (Å²) in [5.41, 5.74) is 3.45. The number of fused-ring (bicyclic) bond motifs is 1. The van der Waals surface area contributed by atoms with E-state index >= 15 is 0 Å². The van der Waals surface area contributed by atoms with Crippen LogP contribution in [0.15, 0.2) is 12.1 Å². The fourth-order valence-electron chi connectivity index (χ4n) is 3.11. The van der Waals surface area contributed by atoms with Crippen molar-refractivity contribution in [3.05, 3.63) is 23.5 Å². The van der Waals surface area contributed by atoms with Gasteiger partial charge in [0.25, 0.3) is 0 Å². The Labute approximate surface area is 125 Å². The van der Waals surface area contributed by atoms with E-state index in [1.165, 1.54) is 30.0 Å². The van der Waals surface area contributed by atoms with Gasteiger partial charge in [-0.25, -0.2) is 4.98 Å². The summed E-state index contributed by atoms with van der Waals surface area (Å²) in [6.45, 7) is 6.39. The molecule has 2 aromatic heterocycles. The summed E-state index contributed by atoms with van der Waals surface area (Å²) in [6, 6.07) is 4.44. The summed E-state index contributed by atoms with van der Waals surface area (Å²) in [5, 5.41) is 8.26. The van der Waals surface area contributed by atoms with Crippen LogP contribution >= 0.6 is 0 Å². The van der Waals surface area contributed by atoms with E-state index in [9.17, 15) is 0 Å². The van der Waals surface area contributed by atoms with E-state index in [-0.39, 0.29) is 0 Å². The lowest BCUT2D eigenvalue weighted by molar-refractivity contribution is 0.578. The van der Waals surface area contributed by atoms with Crippen LogP contribution in [0.4, 0.5) is 5.82 Å². The van der Waals surface area contributed by atoms with Crippen LogP contribution in [0.25, 0.3) is 5.65 Å². The number of piperazine rings is 1. The lowest BCUT2D eigenvalue weighted by Crippen LogP contribution is -2.44. The quantitative estimate of drug-likeness (QED) is 0.933. The predicted molar refractivity (Wildman–Crippen MR) is 84.0 cm³/mol. The summed E-state index contributed by atoms with van der Waals surface area (Å²) >= 11 is 0. The molecule has 0 radical (unpaired) electrons. The average Bonchev–Trinajstić information content (AvgIpc) is 3.28. The van der Waals surface area contributed by atoms with E-state index in [0.29, 0.717) is 5.92 Å². The smallest absolute Gasteiger partial charge is 0.157 e. The molecule has 112 valence electrons. The second-order valence-corrected chi connectivity index (χ2v) is 6.21. The number of hydrogen-bond donors (Lipinski definition) is 1. The van der Waals surface area contributed by atoms with E-state index in [4.69, 9.17) is 10.1 Å². The first-order valence-corrected chi connectivity index (χ1v) is 8.20. The Morgan fingerprint density at radius 3 is 2.76 bits per heavy atom. The van der Waals surface area contributed by atoms with Gasteiger partial charge in [0.15, 0.2) is 5.65 Å². The number of rotatable bonds is 4. The zero-order valence-corrected chi connectivity index (χ0v) is 12.7. The second kappa shape index (κ2) is 5.30. The van der Waals surface area contributed by atoms with E-state index in [2.05, 4.69) is 33.8 Å². The molecule has 0 bridgehead atoms. The maximum atomic E-state index is 4.84. The van der Waals surface area contributed by atoms with Crippen LogP contribution < -0.4 is 10.2 Å². The maximum Gasteiger partial charge on any atom is 0.157 e. The normalized spacial score (nSPS) is 19.4. The number of anilines is 1. The summed E-state index contributed by atoms with van der Waals surface area (Å²) in [4.78, 5) is 7.25. The molecular weight excluding hydrogens is 262 g/mol. The molecule has 5 nitrogen and oxygen atoms in total. The molecule has 1 aliphatic heterocycles. The monoisotopic (exact) mass is 285 g/mol. The molecule has 2 aliphatic rings. The first kappa shape index (κ1) is 13.1. The van der Waals surface area contributed by atoms with Crippen molar-refractivity contribution in [1.82, 2.24) is 19.9 Å². The van der Waals surface area contributed by atoms with Crippen molar-refractivity contribution in [1.29, 1.82) is 0 Å². The van der Waals surface area contributed by atoms with Crippen LogP contribution in [0.2, 0.25) is 0 Å². The molecule has 0 unspecified atom stereocenters. The van der Waals surface area contributed by atoms with E-state index in [1.54, 1.807) is 0 Å². The maximum absolute atomic E-state index is 4.84. The van der Waals surface area contributed by atoms with Gasteiger partial charge < -0.3 is 10.2 Å². The Hall–Kier alpha value is -1.62. The van der Waals surface area contributed by atoms with Gasteiger partial charge in [-0.15, -0.1) is 0 Å². The lowest BCUT2D eigenvalue weighted by Gasteiger charge is -2.29. The highest BCUT2D eigenvalue weighted by atomic mass is 15.4. The Bertz CT molecular complexity index is 637. The molecule has 0 spiro atoms. The van der Waals surface area contributed by atoms with E-state index in [1.807, 2.05) is 0 Å². The molecule has 2 aromatic rings. The third kappa shape index (κ3) is 2.50. The van der Waals surface area contributed by atoms with Crippen LogP contribution in [-0.4, -0.2) is 40.8 Å². The Morgan fingerprint density at radius 1 is 1.24 bits per heavy atom. The molecule has 3 heterocycles. The van der Waals surface area contributed by atoms with E-state index in [0.717, 1.165) is 44.7 Å². The van der Waals surface area contributed by atoms with Crippen LogP contribution in [0.3, 0.4) is 0 Å². The number of nitrogens with zero attached hydrogens (tertiary/aromatic N) is 4. The first-order valence-electron chi connectivity index (χ1n) is 8.20. The largest absolute Gasteiger partial charge is 0.354 e. The highest BCUT2D eigenvalue weighted by Crippen LogP contribution is 2.39. The molecule has 0 aromatic carbocycles. The fourth-order valence-corrected chi connectivity index (χ4v) is 3.11. The van der Waals surface area contributed by atoms with Crippen LogP contribution in [-0.2, 0) is 6.42 Å². The minimum atomic E-state index is 0.678. The van der Waals surface area contributed by atoms with Crippen molar-refractivity contribution in [3.63, 3.8) is 0 Å². The summed E-state index contributed by atoms with van der Waals surface area (Å²) in [7, 11) is 0. The highest BCUT2D eigenvalue weighted by Gasteiger charge is 2.27. The van der Waals surface area contributed by atoms with E-state index < -0.39 is 0 Å². The third-order valence-electron chi connectivity index (χ3n) is 4.42. The minimum Gasteiger partial charge on any atom is -0.354 e. The number of aromatic nitrogens is 3. The molecule has 0 atom stereocenters. The van der Waals surface area contributed by atoms with Crippen molar-refractivity contribution >= 4 is 11.5 Å². The fraction of sp³-hybridized carbons (Fsp3) is 0.625. The van der Waals surface area contributed by atoms with Gasteiger partial charge in [0.05, 0.1) is 5.69 Å². The molecule has 5 heteroatoms. The SMILES string of the molecule is CCCc1cc(N2CCNCC2)n2nc(C3CC3)cc2n1. The summed E-state index contributed by atoms with van der Waals surface area (Å²) in [5.74, 6) is 1.90. The van der Waals surface area contributed by atoms with Crippen molar-refractivity contribution in [2.75, 3.05) is 31.1 Å². The van der Waals surface area contributed by atoms with Gasteiger partial charge in [0.1, 0.15) is 5.82 Å². The van der Waals surface area contributed by atoms with Gasteiger partial charge in [0.2, 0.25) is 0 Å². The van der Waals surface area contributed by atoms with Gasteiger partial charge in [0, 0.05) is 49.9 Å². The third-order valence-corrected chi connectivity index (χ3v) is 4.42. The zero-order chi connectivity index (χ0) is 14.2.